The fourth-order valence-corrected chi connectivity index (χ4v) is 2.72. The summed E-state index contributed by atoms with van der Waals surface area (Å²) in [5.41, 5.74) is 2.70. The van der Waals surface area contributed by atoms with Crippen molar-refractivity contribution in [2.75, 3.05) is 13.7 Å². The summed E-state index contributed by atoms with van der Waals surface area (Å²) in [6, 6.07) is 17.4. The number of nitrogens with one attached hydrogen (secondary N) is 1. The molecule has 0 aliphatic carbocycles. The van der Waals surface area contributed by atoms with Crippen molar-refractivity contribution in [1.29, 1.82) is 0 Å². The first-order valence-corrected chi connectivity index (χ1v) is 8.75. The Hall–Kier alpha value is -3.41. The maximum absolute atomic E-state index is 12.3. The highest BCUT2D eigenvalue weighted by molar-refractivity contribution is 5.95. The van der Waals surface area contributed by atoms with Gasteiger partial charge in [0, 0.05) is 37.5 Å². The molecule has 0 aliphatic rings. The number of benzene rings is 2. The van der Waals surface area contributed by atoms with Crippen LogP contribution >= 0.6 is 0 Å². The van der Waals surface area contributed by atoms with Gasteiger partial charge in [0.15, 0.2) is 0 Å². The average molecular weight is 362 g/mol. The number of imidazole rings is 1. The van der Waals surface area contributed by atoms with Gasteiger partial charge in [0.05, 0.1) is 6.21 Å². The molecule has 0 saturated carbocycles. The number of rotatable bonds is 8. The third kappa shape index (κ3) is 5.28. The normalized spacial score (nSPS) is 10.9. The van der Waals surface area contributed by atoms with Gasteiger partial charge < -0.3 is 14.7 Å². The van der Waals surface area contributed by atoms with E-state index in [1.54, 1.807) is 24.5 Å². The average Bonchev–Trinajstić information content (AvgIpc) is 3.14. The van der Waals surface area contributed by atoms with Crippen molar-refractivity contribution < 1.29 is 9.63 Å². The maximum Gasteiger partial charge on any atom is 0.251 e. The Morgan fingerprint density at radius 1 is 1.19 bits per heavy atom. The Kier molecular flexibility index (Phi) is 6.35. The molecule has 0 fully saturated rings. The molecular formula is C21H22N4O2. The molecule has 138 valence electrons. The van der Waals surface area contributed by atoms with E-state index in [0.717, 1.165) is 17.9 Å². The van der Waals surface area contributed by atoms with Gasteiger partial charge in [-0.05, 0) is 23.3 Å². The van der Waals surface area contributed by atoms with Crippen LogP contribution in [0.1, 0.15) is 27.3 Å². The van der Waals surface area contributed by atoms with E-state index in [9.17, 15) is 4.79 Å². The summed E-state index contributed by atoms with van der Waals surface area (Å²) in [5, 5.41) is 6.64. The van der Waals surface area contributed by atoms with Crippen molar-refractivity contribution in [3.05, 3.63) is 89.5 Å². The lowest BCUT2D eigenvalue weighted by Crippen LogP contribution is -2.26. The first-order chi connectivity index (χ1) is 13.3. The van der Waals surface area contributed by atoms with Gasteiger partial charge in [-0.2, -0.15) is 0 Å². The minimum absolute atomic E-state index is 0.105. The topological polar surface area (TPSA) is 68.5 Å². The van der Waals surface area contributed by atoms with Crippen molar-refractivity contribution in [3.63, 3.8) is 0 Å². The molecule has 0 unspecified atom stereocenters. The smallest absolute Gasteiger partial charge is 0.251 e. The fourth-order valence-electron chi connectivity index (χ4n) is 2.72. The lowest BCUT2D eigenvalue weighted by atomic mass is 10.1. The highest BCUT2D eigenvalue weighted by Gasteiger charge is 2.07. The number of hydrogen-bond donors (Lipinski definition) is 1. The largest absolute Gasteiger partial charge is 0.399 e. The van der Waals surface area contributed by atoms with Crippen LogP contribution in [0.25, 0.3) is 0 Å². The lowest BCUT2D eigenvalue weighted by molar-refractivity contribution is 0.0954. The number of carbonyl (C=O) groups is 1. The van der Waals surface area contributed by atoms with Crippen LogP contribution in [0.5, 0.6) is 0 Å². The predicted molar refractivity (Wildman–Crippen MR) is 105 cm³/mol. The molecule has 1 amide bonds. The van der Waals surface area contributed by atoms with Crippen LogP contribution in [0.15, 0.2) is 72.1 Å². The van der Waals surface area contributed by atoms with E-state index in [2.05, 4.69) is 37.0 Å². The summed E-state index contributed by atoms with van der Waals surface area (Å²) < 4.78 is 2.10. The SMILES string of the molecule is CO/N=C/c1ccc(C(=O)NCCc2nccn2Cc2ccccc2)cc1. The van der Waals surface area contributed by atoms with Crippen LogP contribution in [-0.4, -0.2) is 35.3 Å². The summed E-state index contributed by atoms with van der Waals surface area (Å²) >= 11 is 0. The molecule has 6 heteroatoms. The molecule has 0 aliphatic heterocycles. The van der Waals surface area contributed by atoms with E-state index in [-0.39, 0.29) is 5.91 Å². The van der Waals surface area contributed by atoms with Crippen molar-refractivity contribution in [1.82, 2.24) is 14.9 Å². The zero-order valence-corrected chi connectivity index (χ0v) is 15.2. The predicted octanol–water partition coefficient (Wildman–Crippen LogP) is 2.88. The van der Waals surface area contributed by atoms with Crippen LogP contribution in [0.4, 0.5) is 0 Å². The van der Waals surface area contributed by atoms with E-state index in [4.69, 9.17) is 0 Å². The number of aromatic nitrogens is 2. The Balaban J connectivity index is 1.52. The van der Waals surface area contributed by atoms with Gasteiger partial charge in [0.1, 0.15) is 12.9 Å². The van der Waals surface area contributed by atoms with Crippen molar-refractivity contribution in [2.45, 2.75) is 13.0 Å². The molecule has 27 heavy (non-hydrogen) atoms. The number of carbonyl (C=O) groups excluding carboxylic acids is 1. The Labute approximate surface area is 158 Å². The van der Waals surface area contributed by atoms with Crippen LogP contribution in [0, 0.1) is 0 Å². The molecule has 0 saturated heterocycles. The molecular weight excluding hydrogens is 340 g/mol. The van der Waals surface area contributed by atoms with Crippen molar-refractivity contribution >= 4 is 12.1 Å². The summed E-state index contributed by atoms with van der Waals surface area (Å²) in [6.07, 6.45) is 6.02. The molecule has 0 atom stereocenters. The first-order valence-electron chi connectivity index (χ1n) is 8.75. The molecule has 1 N–H and O–H groups in total. The van der Waals surface area contributed by atoms with Crippen molar-refractivity contribution in [3.8, 4) is 0 Å². The second kappa shape index (κ2) is 9.33. The van der Waals surface area contributed by atoms with E-state index in [1.807, 2.05) is 36.5 Å². The van der Waals surface area contributed by atoms with E-state index < -0.39 is 0 Å². The number of amides is 1. The van der Waals surface area contributed by atoms with Crippen LogP contribution < -0.4 is 5.32 Å². The zero-order valence-electron chi connectivity index (χ0n) is 15.2. The highest BCUT2D eigenvalue weighted by atomic mass is 16.6. The molecule has 2 aromatic carbocycles. The second-order valence-electron chi connectivity index (χ2n) is 6.00. The van der Waals surface area contributed by atoms with Gasteiger partial charge in [-0.1, -0.05) is 47.6 Å². The van der Waals surface area contributed by atoms with Gasteiger partial charge >= 0.3 is 0 Å². The first kappa shape index (κ1) is 18.4. The molecule has 0 spiro atoms. The molecule has 6 nitrogen and oxygen atoms in total. The van der Waals surface area contributed by atoms with Crippen molar-refractivity contribution in [2.24, 2.45) is 5.16 Å². The molecule has 1 heterocycles. The maximum atomic E-state index is 12.3. The van der Waals surface area contributed by atoms with E-state index in [0.29, 0.717) is 18.5 Å². The van der Waals surface area contributed by atoms with Gasteiger partial charge in [-0.25, -0.2) is 4.98 Å². The second-order valence-corrected chi connectivity index (χ2v) is 6.00. The number of oxime groups is 1. The highest BCUT2D eigenvalue weighted by Crippen LogP contribution is 2.06. The van der Waals surface area contributed by atoms with E-state index in [1.165, 1.54) is 12.7 Å². The molecule has 3 rings (SSSR count). The Bertz CT molecular complexity index is 886. The standard InChI is InChI=1S/C21H22N4O2/c1-27-24-15-17-7-9-19(10-8-17)21(26)23-12-11-20-22-13-14-25(20)16-18-5-3-2-4-6-18/h2-10,13-15H,11-12,16H2,1H3,(H,23,26)/b24-15+. The Morgan fingerprint density at radius 3 is 2.70 bits per heavy atom. The van der Waals surface area contributed by atoms with Crippen LogP contribution in [-0.2, 0) is 17.8 Å². The summed E-state index contributed by atoms with van der Waals surface area (Å²) in [7, 11) is 1.49. The lowest BCUT2D eigenvalue weighted by Gasteiger charge is -2.09. The Morgan fingerprint density at radius 2 is 1.96 bits per heavy atom. The monoisotopic (exact) mass is 362 g/mol. The summed E-state index contributed by atoms with van der Waals surface area (Å²) in [4.78, 5) is 21.3. The number of nitrogens with zero attached hydrogens (tertiary/aromatic N) is 3. The molecule has 3 aromatic rings. The quantitative estimate of drug-likeness (QED) is 0.495. The summed E-state index contributed by atoms with van der Waals surface area (Å²) in [6.45, 7) is 1.30. The minimum Gasteiger partial charge on any atom is -0.399 e. The van der Waals surface area contributed by atoms with Gasteiger partial charge in [0.25, 0.3) is 5.91 Å². The third-order valence-corrected chi connectivity index (χ3v) is 4.11. The van der Waals surface area contributed by atoms with Crippen LogP contribution in [0.2, 0.25) is 0 Å². The molecule has 1 aromatic heterocycles. The summed E-state index contributed by atoms with van der Waals surface area (Å²) in [5.74, 6) is 0.844. The van der Waals surface area contributed by atoms with Gasteiger partial charge in [-0.15, -0.1) is 0 Å². The van der Waals surface area contributed by atoms with Gasteiger partial charge in [-0.3, -0.25) is 4.79 Å². The van der Waals surface area contributed by atoms with E-state index >= 15 is 0 Å². The molecule has 0 radical (unpaired) electrons. The molecule has 0 bridgehead atoms. The van der Waals surface area contributed by atoms with Crippen LogP contribution in [0.3, 0.4) is 0 Å². The zero-order chi connectivity index (χ0) is 18.9. The van der Waals surface area contributed by atoms with Gasteiger partial charge in [0.2, 0.25) is 0 Å². The fraction of sp³-hybridized carbons (Fsp3) is 0.190. The third-order valence-electron chi connectivity index (χ3n) is 4.11. The minimum atomic E-state index is -0.105. The number of hydrogen-bond acceptors (Lipinski definition) is 4.